The van der Waals surface area contributed by atoms with Crippen molar-refractivity contribution < 1.29 is 26.3 Å². The van der Waals surface area contributed by atoms with Gasteiger partial charge in [0.05, 0.1) is 23.7 Å². The van der Waals surface area contributed by atoms with Gasteiger partial charge in [-0.1, -0.05) is 0 Å². The van der Waals surface area contributed by atoms with Gasteiger partial charge in [0.1, 0.15) is 0 Å². The van der Waals surface area contributed by atoms with E-state index in [1.807, 2.05) is 0 Å². The third-order valence-electron chi connectivity index (χ3n) is 2.67. The second kappa shape index (κ2) is 5.44. The Morgan fingerprint density at radius 3 is 1.90 bits per heavy atom. The van der Waals surface area contributed by atoms with Crippen LogP contribution >= 0.6 is 0 Å². The van der Waals surface area contributed by atoms with Crippen LogP contribution < -0.4 is 0 Å². The van der Waals surface area contributed by atoms with E-state index >= 15 is 0 Å². The Labute approximate surface area is 114 Å². The monoisotopic (exact) mass is 302 g/mol. The molecule has 108 valence electrons. The molecule has 21 heavy (non-hydrogen) atoms. The van der Waals surface area contributed by atoms with Gasteiger partial charge in [0.25, 0.3) is 0 Å². The summed E-state index contributed by atoms with van der Waals surface area (Å²) in [5, 5.41) is 8.57. The number of nitrogens with zero attached hydrogens (tertiary/aromatic N) is 2. The molecule has 1 aromatic heterocycles. The lowest BCUT2D eigenvalue weighted by atomic mass is 10.0. The van der Waals surface area contributed by atoms with E-state index in [-0.39, 0.29) is 0 Å². The molecule has 0 saturated carbocycles. The Morgan fingerprint density at radius 2 is 1.38 bits per heavy atom. The Bertz CT molecular complexity index is 737. The van der Waals surface area contributed by atoms with Crippen LogP contribution in [0, 0.1) is 46.4 Å². The topological polar surface area (TPSA) is 36.7 Å². The van der Waals surface area contributed by atoms with Crippen molar-refractivity contribution in [1.29, 1.82) is 5.26 Å². The fraction of sp³-hybridized carbons (Fsp3) is 0.0769. The summed E-state index contributed by atoms with van der Waals surface area (Å²) in [5.41, 5.74) is -2.21. The third-order valence-corrected chi connectivity index (χ3v) is 2.67. The first-order valence-electron chi connectivity index (χ1n) is 5.42. The van der Waals surface area contributed by atoms with Gasteiger partial charge in [0.2, 0.25) is 11.8 Å². The van der Waals surface area contributed by atoms with Crippen molar-refractivity contribution in [3.63, 3.8) is 0 Å². The second-order valence-electron chi connectivity index (χ2n) is 3.91. The number of hydrogen-bond acceptors (Lipinski definition) is 2. The summed E-state index contributed by atoms with van der Waals surface area (Å²) in [7, 11) is 0. The normalized spacial score (nSPS) is 10.5. The van der Waals surface area contributed by atoms with Gasteiger partial charge in [0.15, 0.2) is 23.3 Å². The van der Waals surface area contributed by atoms with Crippen molar-refractivity contribution in [2.75, 3.05) is 0 Å². The van der Waals surface area contributed by atoms with E-state index in [0.717, 1.165) is 6.07 Å². The van der Waals surface area contributed by atoms with Gasteiger partial charge in [-0.25, -0.2) is 26.9 Å². The molecule has 0 amide bonds. The van der Waals surface area contributed by atoms with Crippen LogP contribution in [0.15, 0.2) is 12.1 Å². The Balaban J connectivity index is 2.83. The molecule has 1 heterocycles. The molecule has 0 aliphatic carbocycles. The number of hydrogen-bond donors (Lipinski definition) is 0. The molecule has 0 fully saturated rings. The maximum absolute atomic E-state index is 13.7. The summed E-state index contributed by atoms with van der Waals surface area (Å²) in [6.45, 7) is 0. The van der Waals surface area contributed by atoms with Crippen molar-refractivity contribution in [3.05, 3.63) is 52.9 Å². The van der Waals surface area contributed by atoms with E-state index in [1.165, 1.54) is 0 Å². The number of nitriles is 1. The van der Waals surface area contributed by atoms with Gasteiger partial charge in [0, 0.05) is 5.56 Å². The quantitative estimate of drug-likeness (QED) is 0.367. The van der Waals surface area contributed by atoms with Gasteiger partial charge < -0.3 is 0 Å². The van der Waals surface area contributed by atoms with Crippen LogP contribution in [0.4, 0.5) is 26.3 Å². The van der Waals surface area contributed by atoms with Crippen LogP contribution in [0.1, 0.15) is 5.69 Å². The minimum absolute atomic E-state index is 0.430. The molecular formula is C13H4F6N2. The number of aromatic nitrogens is 1. The Morgan fingerprint density at radius 1 is 0.857 bits per heavy atom. The second-order valence-corrected chi connectivity index (χ2v) is 3.91. The summed E-state index contributed by atoms with van der Waals surface area (Å²) in [5.74, 6) is -11.7. The lowest BCUT2D eigenvalue weighted by molar-refractivity contribution is 0.381. The maximum atomic E-state index is 13.7. The smallest absolute Gasteiger partial charge is 0.213 e. The van der Waals surface area contributed by atoms with E-state index < -0.39 is 58.3 Å². The van der Waals surface area contributed by atoms with Crippen molar-refractivity contribution in [1.82, 2.24) is 4.98 Å². The molecule has 0 atom stereocenters. The molecular weight excluding hydrogens is 298 g/mol. The molecule has 8 heteroatoms. The predicted molar refractivity (Wildman–Crippen MR) is 58.7 cm³/mol. The molecule has 0 unspecified atom stereocenters. The molecule has 0 saturated heterocycles. The molecule has 0 aliphatic heterocycles. The highest BCUT2D eigenvalue weighted by Crippen LogP contribution is 2.33. The van der Waals surface area contributed by atoms with Gasteiger partial charge in [-0.05, 0) is 12.1 Å². The number of halogens is 6. The van der Waals surface area contributed by atoms with E-state index in [4.69, 9.17) is 5.26 Å². The van der Waals surface area contributed by atoms with Gasteiger partial charge in [-0.2, -0.15) is 9.65 Å². The summed E-state index contributed by atoms with van der Waals surface area (Å²) < 4.78 is 79.7. The molecule has 0 spiro atoms. The van der Waals surface area contributed by atoms with E-state index in [2.05, 4.69) is 4.98 Å². The fourth-order valence-corrected chi connectivity index (χ4v) is 1.75. The molecule has 2 nitrogen and oxygen atoms in total. The van der Waals surface area contributed by atoms with Crippen LogP contribution in [-0.4, -0.2) is 4.98 Å². The van der Waals surface area contributed by atoms with Crippen LogP contribution in [0.2, 0.25) is 0 Å². The minimum atomic E-state index is -2.30. The molecule has 0 bridgehead atoms. The first-order chi connectivity index (χ1) is 9.88. The average Bonchev–Trinajstić information content (AvgIpc) is 2.46. The Hall–Kier alpha value is -2.56. The minimum Gasteiger partial charge on any atom is -0.223 e. The number of benzene rings is 1. The molecule has 2 rings (SSSR count). The SMILES string of the molecule is N#CCc1nc(F)ccc1-c1c(F)c(F)c(F)c(F)c1F. The van der Waals surface area contributed by atoms with E-state index in [9.17, 15) is 26.3 Å². The van der Waals surface area contributed by atoms with Crippen molar-refractivity contribution in [2.24, 2.45) is 0 Å². The van der Waals surface area contributed by atoms with Crippen LogP contribution in [0.25, 0.3) is 11.1 Å². The Kier molecular flexibility index (Phi) is 3.84. The lowest BCUT2D eigenvalue weighted by Gasteiger charge is -2.11. The fourth-order valence-electron chi connectivity index (χ4n) is 1.75. The first-order valence-corrected chi connectivity index (χ1v) is 5.42. The largest absolute Gasteiger partial charge is 0.223 e. The third kappa shape index (κ3) is 2.42. The van der Waals surface area contributed by atoms with Gasteiger partial charge in [-0.3, -0.25) is 0 Å². The van der Waals surface area contributed by atoms with Crippen molar-refractivity contribution >= 4 is 0 Å². The van der Waals surface area contributed by atoms with Gasteiger partial charge in [-0.15, -0.1) is 0 Å². The van der Waals surface area contributed by atoms with Crippen LogP contribution in [0.3, 0.4) is 0 Å². The predicted octanol–water partition coefficient (Wildman–Crippen LogP) is 3.65. The highest BCUT2D eigenvalue weighted by molar-refractivity contribution is 5.68. The molecule has 0 radical (unpaired) electrons. The van der Waals surface area contributed by atoms with Gasteiger partial charge >= 0.3 is 0 Å². The zero-order valence-electron chi connectivity index (χ0n) is 10.0. The highest BCUT2D eigenvalue weighted by Gasteiger charge is 2.28. The summed E-state index contributed by atoms with van der Waals surface area (Å²) in [6.07, 6.45) is -0.563. The van der Waals surface area contributed by atoms with E-state index in [1.54, 1.807) is 6.07 Å². The lowest BCUT2D eigenvalue weighted by Crippen LogP contribution is -2.06. The van der Waals surface area contributed by atoms with Crippen LogP contribution in [-0.2, 0) is 6.42 Å². The first kappa shape index (κ1) is 14.8. The summed E-state index contributed by atoms with van der Waals surface area (Å²) >= 11 is 0. The standard InChI is InChI=1S/C13H4F6N2/c14-7-2-1-5(6(21-7)3-4-20)8-9(15)11(17)13(19)12(18)10(8)16/h1-2H,3H2. The number of pyridine rings is 1. The highest BCUT2D eigenvalue weighted by atomic mass is 19.2. The summed E-state index contributed by atoms with van der Waals surface area (Å²) in [4.78, 5) is 3.24. The average molecular weight is 302 g/mol. The number of rotatable bonds is 2. The van der Waals surface area contributed by atoms with Crippen molar-refractivity contribution in [2.45, 2.75) is 6.42 Å². The molecule has 0 N–H and O–H groups in total. The van der Waals surface area contributed by atoms with Crippen molar-refractivity contribution in [3.8, 4) is 17.2 Å². The zero-order chi connectivity index (χ0) is 15.7. The molecule has 2 aromatic rings. The van der Waals surface area contributed by atoms with E-state index in [0.29, 0.717) is 6.07 Å². The summed E-state index contributed by atoms with van der Waals surface area (Å²) in [6, 6.07) is 3.05. The maximum Gasteiger partial charge on any atom is 0.213 e. The molecule has 1 aromatic carbocycles. The molecule has 0 aliphatic rings. The van der Waals surface area contributed by atoms with Crippen LogP contribution in [0.5, 0.6) is 0 Å². The zero-order valence-corrected chi connectivity index (χ0v) is 10.0.